The van der Waals surface area contributed by atoms with Crippen LogP contribution in [0.3, 0.4) is 0 Å². The Morgan fingerprint density at radius 3 is 1.70 bits per heavy atom. The fourth-order valence-electron chi connectivity index (χ4n) is 9.32. The lowest BCUT2D eigenvalue weighted by Gasteiger charge is -2.28. The van der Waals surface area contributed by atoms with Gasteiger partial charge in [0, 0.05) is 37.1 Å². The number of hydrogen-bond donors (Lipinski definition) is 0. The van der Waals surface area contributed by atoms with Crippen LogP contribution in [0.2, 0.25) is 0 Å². The topological polar surface area (TPSA) is 3.24 Å². The lowest BCUT2D eigenvalue weighted by molar-refractivity contribution is 1.28. The van der Waals surface area contributed by atoms with Crippen molar-refractivity contribution in [2.75, 3.05) is 4.90 Å². The molecule has 0 amide bonds. The molecule has 0 saturated heterocycles. The molecule has 12 aromatic rings. The van der Waals surface area contributed by atoms with Crippen molar-refractivity contribution in [1.29, 1.82) is 0 Å². The van der Waals surface area contributed by atoms with Crippen molar-refractivity contribution in [1.82, 2.24) is 0 Å². The van der Waals surface area contributed by atoms with Gasteiger partial charge in [0.1, 0.15) is 0 Å². The zero-order chi connectivity index (χ0) is 39.6. The minimum Gasteiger partial charge on any atom is -0.310 e. The molecule has 11 aromatic carbocycles. The molecule has 0 atom stereocenters. The monoisotopic (exact) mass is 779 g/mol. The number of thiophene rings is 1. The maximum atomic E-state index is 2.43. The van der Waals surface area contributed by atoms with Crippen molar-refractivity contribution < 1.29 is 0 Å². The molecule has 1 aromatic heterocycles. The second kappa shape index (κ2) is 14.1. The third-order valence-electron chi connectivity index (χ3n) is 12.2. The molecule has 0 saturated carbocycles. The van der Waals surface area contributed by atoms with E-state index >= 15 is 0 Å². The molecule has 1 heterocycles. The van der Waals surface area contributed by atoms with Gasteiger partial charge in [-0.2, -0.15) is 0 Å². The van der Waals surface area contributed by atoms with E-state index in [1.165, 1.54) is 96.6 Å². The first-order valence-electron chi connectivity index (χ1n) is 20.6. The lowest BCUT2D eigenvalue weighted by Crippen LogP contribution is -2.11. The standard InChI is InChI=1S/C58H37NS/c1-2-11-38(12-3-1)39-27-31-47(32-28-39)59(48-15-10-14-43(36-48)44-30-34-56-53(37-44)52-18-7-9-20-55(52)60-56)54-19-8-6-16-49(54)45-29-33-51-46(35-45)26-25-42-24-23-41-22-21-40-13-4-5-17-50(40)57(41)58(42)51/h1-37H. The van der Waals surface area contributed by atoms with Crippen molar-refractivity contribution in [2.45, 2.75) is 0 Å². The summed E-state index contributed by atoms with van der Waals surface area (Å²) in [5, 5.41) is 12.8. The zero-order valence-corrected chi connectivity index (χ0v) is 33.5. The molecule has 0 aliphatic carbocycles. The second-order valence-corrected chi connectivity index (χ2v) is 16.8. The number of para-hydroxylation sites is 1. The number of rotatable bonds is 6. The van der Waals surface area contributed by atoms with Gasteiger partial charge in [0.25, 0.3) is 0 Å². The van der Waals surface area contributed by atoms with Gasteiger partial charge in [-0.1, -0.05) is 170 Å². The zero-order valence-electron chi connectivity index (χ0n) is 32.7. The van der Waals surface area contributed by atoms with E-state index < -0.39 is 0 Å². The molecule has 280 valence electrons. The molecule has 0 unspecified atom stereocenters. The minimum atomic E-state index is 1.10. The van der Waals surface area contributed by atoms with Crippen LogP contribution in [0.15, 0.2) is 224 Å². The van der Waals surface area contributed by atoms with Gasteiger partial charge < -0.3 is 4.90 Å². The van der Waals surface area contributed by atoms with Gasteiger partial charge in [0.05, 0.1) is 5.69 Å². The molecule has 0 spiro atoms. The lowest BCUT2D eigenvalue weighted by atomic mass is 9.91. The molecular formula is C58H37NS. The normalized spacial score (nSPS) is 11.7. The van der Waals surface area contributed by atoms with E-state index in [-0.39, 0.29) is 0 Å². The number of hydrogen-bond acceptors (Lipinski definition) is 2. The van der Waals surface area contributed by atoms with Gasteiger partial charge in [0.15, 0.2) is 0 Å². The SMILES string of the molecule is c1ccc(-c2ccc(N(c3cccc(-c4ccc5sc6ccccc6c5c4)c3)c3ccccc3-c3ccc4c(ccc5ccc6ccc7ccccc7c6c54)c3)cc2)cc1. The van der Waals surface area contributed by atoms with Crippen molar-refractivity contribution >= 4 is 91.7 Å². The Balaban J connectivity index is 1.03. The first-order chi connectivity index (χ1) is 29.7. The average Bonchev–Trinajstić information content (AvgIpc) is 3.70. The highest BCUT2D eigenvalue weighted by Gasteiger charge is 2.19. The Morgan fingerprint density at radius 1 is 0.283 bits per heavy atom. The summed E-state index contributed by atoms with van der Waals surface area (Å²) in [6.07, 6.45) is 0. The number of fused-ring (bicyclic) bond motifs is 10. The molecule has 1 nitrogen and oxygen atoms in total. The first kappa shape index (κ1) is 34.5. The summed E-state index contributed by atoms with van der Waals surface area (Å²) < 4.78 is 2.64. The van der Waals surface area contributed by atoms with Crippen LogP contribution in [0.4, 0.5) is 17.1 Å². The van der Waals surface area contributed by atoms with Crippen molar-refractivity contribution in [3.05, 3.63) is 224 Å². The number of benzene rings is 11. The van der Waals surface area contributed by atoms with Crippen LogP contribution in [0.25, 0.3) is 96.6 Å². The third-order valence-corrected chi connectivity index (χ3v) is 13.4. The predicted molar refractivity (Wildman–Crippen MR) is 260 cm³/mol. The number of nitrogens with zero attached hydrogens (tertiary/aromatic N) is 1. The van der Waals surface area contributed by atoms with Gasteiger partial charge >= 0.3 is 0 Å². The third kappa shape index (κ3) is 5.76. The highest BCUT2D eigenvalue weighted by atomic mass is 32.1. The van der Waals surface area contributed by atoms with Crippen molar-refractivity contribution in [2.24, 2.45) is 0 Å². The summed E-state index contributed by atoms with van der Waals surface area (Å²) in [5.41, 5.74) is 10.5. The Hall–Kier alpha value is -7.52. The van der Waals surface area contributed by atoms with E-state index in [9.17, 15) is 0 Å². The molecule has 0 radical (unpaired) electrons. The van der Waals surface area contributed by atoms with Crippen LogP contribution in [-0.4, -0.2) is 0 Å². The van der Waals surface area contributed by atoms with E-state index in [0.717, 1.165) is 17.1 Å². The van der Waals surface area contributed by atoms with Crippen LogP contribution < -0.4 is 4.90 Å². The average molecular weight is 780 g/mol. The van der Waals surface area contributed by atoms with Gasteiger partial charge in [-0.3, -0.25) is 0 Å². The minimum absolute atomic E-state index is 1.10. The molecule has 12 rings (SSSR count). The summed E-state index contributed by atoms with van der Waals surface area (Å²) in [5.74, 6) is 0. The van der Waals surface area contributed by atoms with E-state index in [0.29, 0.717) is 0 Å². The molecule has 60 heavy (non-hydrogen) atoms. The highest BCUT2D eigenvalue weighted by molar-refractivity contribution is 7.25. The summed E-state index contributed by atoms with van der Waals surface area (Å²) >= 11 is 1.86. The maximum absolute atomic E-state index is 2.43. The molecule has 0 aliphatic rings. The van der Waals surface area contributed by atoms with Crippen LogP contribution in [0, 0.1) is 0 Å². The molecule has 0 fully saturated rings. The summed E-state index contributed by atoms with van der Waals surface area (Å²) in [6, 6.07) is 82.6. The van der Waals surface area contributed by atoms with Crippen LogP contribution in [0.5, 0.6) is 0 Å². The first-order valence-corrected chi connectivity index (χ1v) is 21.4. The van der Waals surface area contributed by atoms with Gasteiger partial charge in [-0.15, -0.1) is 11.3 Å². The summed E-state index contributed by atoms with van der Waals surface area (Å²) in [7, 11) is 0. The predicted octanol–water partition coefficient (Wildman–Crippen LogP) is 17.1. The Labute approximate surface area is 352 Å². The van der Waals surface area contributed by atoms with Gasteiger partial charge in [-0.25, -0.2) is 0 Å². The quantitative estimate of drug-likeness (QED) is 0.152. The van der Waals surface area contributed by atoms with E-state index in [4.69, 9.17) is 0 Å². The molecule has 0 N–H and O–H groups in total. The molecular weight excluding hydrogens is 743 g/mol. The summed E-state index contributed by atoms with van der Waals surface area (Å²) in [6.45, 7) is 0. The Bertz CT molecular complexity index is 3590. The maximum Gasteiger partial charge on any atom is 0.0540 e. The fraction of sp³-hybridized carbons (Fsp3) is 0. The Kier molecular flexibility index (Phi) is 8.11. The van der Waals surface area contributed by atoms with E-state index in [2.05, 4.69) is 229 Å². The Morgan fingerprint density at radius 2 is 0.867 bits per heavy atom. The highest BCUT2D eigenvalue weighted by Crippen LogP contribution is 2.45. The van der Waals surface area contributed by atoms with Gasteiger partial charge in [0.2, 0.25) is 0 Å². The van der Waals surface area contributed by atoms with Crippen molar-refractivity contribution in [3.63, 3.8) is 0 Å². The summed E-state index contributed by atoms with van der Waals surface area (Å²) in [4.78, 5) is 2.43. The van der Waals surface area contributed by atoms with Gasteiger partial charge in [-0.05, 0) is 126 Å². The fourth-order valence-corrected chi connectivity index (χ4v) is 10.4. The second-order valence-electron chi connectivity index (χ2n) is 15.7. The van der Waals surface area contributed by atoms with Crippen LogP contribution >= 0.6 is 11.3 Å². The van der Waals surface area contributed by atoms with E-state index in [1.807, 2.05) is 11.3 Å². The van der Waals surface area contributed by atoms with Crippen LogP contribution in [-0.2, 0) is 0 Å². The smallest absolute Gasteiger partial charge is 0.0540 e. The molecule has 0 aliphatic heterocycles. The molecule has 0 bridgehead atoms. The van der Waals surface area contributed by atoms with Crippen LogP contribution in [0.1, 0.15) is 0 Å². The van der Waals surface area contributed by atoms with Crippen molar-refractivity contribution in [3.8, 4) is 33.4 Å². The largest absolute Gasteiger partial charge is 0.310 e. The number of anilines is 3. The molecule has 2 heteroatoms. The van der Waals surface area contributed by atoms with E-state index in [1.54, 1.807) is 0 Å².